The van der Waals surface area contributed by atoms with Crippen LogP contribution in [-0.2, 0) is 4.79 Å². The van der Waals surface area contributed by atoms with E-state index in [9.17, 15) is 9.59 Å². The van der Waals surface area contributed by atoms with Crippen molar-refractivity contribution >= 4 is 57.4 Å². The number of nitrogens with one attached hydrogen (secondary N) is 3. The van der Waals surface area contributed by atoms with Crippen molar-refractivity contribution in [2.24, 2.45) is 0 Å². The average Bonchev–Trinajstić information content (AvgIpc) is 2.70. The van der Waals surface area contributed by atoms with E-state index in [2.05, 4.69) is 38.5 Å². The Hall–Kier alpha value is -1.80. The number of anilines is 2. The highest BCUT2D eigenvalue weighted by Crippen LogP contribution is 2.23. The Balaban J connectivity index is 1.56. The summed E-state index contributed by atoms with van der Waals surface area (Å²) in [5, 5.41) is 9.36. The van der Waals surface area contributed by atoms with E-state index >= 15 is 0 Å². The lowest BCUT2D eigenvalue weighted by atomic mass is 9.95. The van der Waals surface area contributed by atoms with Gasteiger partial charge in [-0.1, -0.05) is 30.9 Å². The quantitative estimate of drug-likeness (QED) is 0.475. The van der Waals surface area contributed by atoms with Crippen molar-refractivity contribution in [2.45, 2.75) is 38.1 Å². The lowest BCUT2D eigenvalue weighted by Gasteiger charge is -2.23. The van der Waals surface area contributed by atoms with Gasteiger partial charge in [-0.3, -0.25) is 9.59 Å². The summed E-state index contributed by atoms with van der Waals surface area (Å²) in [7, 11) is 0. The van der Waals surface area contributed by atoms with E-state index in [0.29, 0.717) is 16.3 Å². The second kappa shape index (κ2) is 10.1. The molecule has 1 saturated carbocycles. The third-order valence-electron chi connectivity index (χ3n) is 4.73. The number of hydrogen-bond acceptors (Lipinski definition) is 3. The van der Waals surface area contributed by atoms with E-state index in [1.807, 2.05) is 24.3 Å². The number of carbonyl (C=O) groups excluding carboxylic acids is 2. The molecule has 3 N–H and O–H groups in total. The summed E-state index contributed by atoms with van der Waals surface area (Å²) in [5.74, 6) is -0.326. The first-order chi connectivity index (χ1) is 13.5. The van der Waals surface area contributed by atoms with Gasteiger partial charge < -0.3 is 16.0 Å². The van der Waals surface area contributed by atoms with Gasteiger partial charge in [0.1, 0.15) is 0 Å². The molecule has 7 heteroatoms. The van der Waals surface area contributed by atoms with Crippen LogP contribution in [0.2, 0.25) is 5.02 Å². The minimum Gasteiger partial charge on any atom is -0.376 e. The van der Waals surface area contributed by atoms with Gasteiger partial charge in [0.15, 0.2) is 0 Å². The molecular formula is C21H23ClIN3O2. The van der Waals surface area contributed by atoms with Gasteiger partial charge in [0.25, 0.3) is 5.91 Å². The second-order valence-electron chi connectivity index (χ2n) is 6.91. The van der Waals surface area contributed by atoms with Crippen LogP contribution in [0.25, 0.3) is 0 Å². The second-order valence-corrected chi connectivity index (χ2v) is 8.56. The van der Waals surface area contributed by atoms with Gasteiger partial charge in [0.05, 0.1) is 17.1 Å². The highest BCUT2D eigenvalue weighted by molar-refractivity contribution is 14.1. The molecule has 0 bridgehead atoms. The maximum atomic E-state index is 12.6. The average molecular weight is 512 g/mol. The topological polar surface area (TPSA) is 70.2 Å². The third kappa shape index (κ3) is 6.10. The van der Waals surface area contributed by atoms with Crippen LogP contribution in [0.4, 0.5) is 11.4 Å². The number of carbonyl (C=O) groups is 2. The molecule has 1 aliphatic rings. The Labute approximate surface area is 183 Å². The SMILES string of the molecule is O=C(CNc1ccc(Cl)c(C(=O)NC2CCCCC2)c1)Nc1ccc(I)cc1. The first kappa shape index (κ1) is 20.9. The fraction of sp³-hybridized carbons (Fsp3) is 0.333. The molecule has 148 valence electrons. The fourth-order valence-corrected chi connectivity index (χ4v) is 3.80. The lowest BCUT2D eigenvalue weighted by molar-refractivity contribution is -0.114. The summed E-state index contributed by atoms with van der Waals surface area (Å²) in [4.78, 5) is 24.7. The van der Waals surface area contributed by atoms with Crippen LogP contribution in [0.1, 0.15) is 42.5 Å². The molecule has 0 radical (unpaired) electrons. The first-order valence-electron chi connectivity index (χ1n) is 9.41. The summed E-state index contributed by atoms with van der Waals surface area (Å²) in [6.07, 6.45) is 5.56. The standard InChI is InChI=1S/C21H23ClIN3O2/c22-19-11-10-17(12-18(19)21(28)26-15-4-2-1-3-5-15)24-13-20(27)25-16-8-6-14(23)7-9-16/h6-12,15,24H,1-5,13H2,(H,25,27)(H,26,28). The molecule has 3 rings (SSSR count). The van der Waals surface area contributed by atoms with Gasteiger partial charge in [0.2, 0.25) is 5.91 Å². The molecule has 0 aliphatic heterocycles. The van der Waals surface area contributed by atoms with Gasteiger partial charge in [0, 0.05) is 21.0 Å². The van der Waals surface area contributed by atoms with Crippen molar-refractivity contribution in [2.75, 3.05) is 17.2 Å². The zero-order valence-electron chi connectivity index (χ0n) is 15.4. The van der Waals surface area contributed by atoms with E-state index in [-0.39, 0.29) is 24.4 Å². The van der Waals surface area contributed by atoms with Crippen molar-refractivity contribution in [3.63, 3.8) is 0 Å². The Morgan fingerprint density at radius 1 is 1.00 bits per heavy atom. The van der Waals surface area contributed by atoms with Crippen LogP contribution in [0, 0.1) is 3.57 Å². The monoisotopic (exact) mass is 511 g/mol. The number of benzene rings is 2. The van der Waals surface area contributed by atoms with Crippen molar-refractivity contribution in [1.82, 2.24) is 5.32 Å². The Bertz CT molecular complexity index is 836. The minimum atomic E-state index is -0.163. The van der Waals surface area contributed by atoms with E-state index in [0.717, 1.165) is 34.9 Å². The van der Waals surface area contributed by atoms with Crippen molar-refractivity contribution < 1.29 is 9.59 Å². The third-order valence-corrected chi connectivity index (χ3v) is 5.78. The summed E-state index contributed by atoms with van der Waals surface area (Å²) >= 11 is 8.44. The Morgan fingerprint density at radius 3 is 2.39 bits per heavy atom. The molecule has 28 heavy (non-hydrogen) atoms. The number of amides is 2. The Morgan fingerprint density at radius 2 is 1.68 bits per heavy atom. The summed E-state index contributed by atoms with van der Waals surface area (Å²) in [6, 6.07) is 12.9. The largest absolute Gasteiger partial charge is 0.376 e. The van der Waals surface area contributed by atoms with Crippen molar-refractivity contribution in [3.8, 4) is 0 Å². The Kier molecular flexibility index (Phi) is 7.56. The van der Waals surface area contributed by atoms with E-state index < -0.39 is 0 Å². The van der Waals surface area contributed by atoms with Gasteiger partial charge in [-0.25, -0.2) is 0 Å². The van der Waals surface area contributed by atoms with Crippen molar-refractivity contribution in [3.05, 3.63) is 56.6 Å². The zero-order valence-corrected chi connectivity index (χ0v) is 18.3. The van der Waals surface area contributed by atoms with Gasteiger partial charge in [-0.05, 0) is 77.9 Å². The van der Waals surface area contributed by atoms with E-state index in [1.165, 1.54) is 6.42 Å². The molecule has 2 amide bonds. The molecule has 0 atom stereocenters. The summed E-state index contributed by atoms with van der Waals surface area (Å²) < 4.78 is 1.11. The fourth-order valence-electron chi connectivity index (χ4n) is 3.24. The minimum absolute atomic E-state index is 0.0945. The van der Waals surface area contributed by atoms with Crippen LogP contribution in [0.15, 0.2) is 42.5 Å². The molecule has 0 unspecified atom stereocenters. The molecule has 0 aromatic heterocycles. The molecule has 1 aliphatic carbocycles. The highest BCUT2D eigenvalue weighted by Gasteiger charge is 2.18. The molecule has 1 fully saturated rings. The van der Waals surface area contributed by atoms with Crippen LogP contribution in [0.5, 0.6) is 0 Å². The molecular weight excluding hydrogens is 489 g/mol. The van der Waals surface area contributed by atoms with Crippen LogP contribution >= 0.6 is 34.2 Å². The molecule has 2 aromatic carbocycles. The van der Waals surface area contributed by atoms with Gasteiger partial charge >= 0.3 is 0 Å². The summed E-state index contributed by atoms with van der Waals surface area (Å²) in [5.41, 5.74) is 1.85. The molecule has 0 heterocycles. The van der Waals surface area contributed by atoms with Gasteiger partial charge in [-0.2, -0.15) is 0 Å². The predicted octanol–water partition coefficient (Wildman–Crippen LogP) is 5.06. The van der Waals surface area contributed by atoms with E-state index in [1.54, 1.807) is 18.2 Å². The van der Waals surface area contributed by atoms with Crippen LogP contribution in [0.3, 0.4) is 0 Å². The molecule has 5 nitrogen and oxygen atoms in total. The predicted molar refractivity (Wildman–Crippen MR) is 122 cm³/mol. The zero-order chi connectivity index (χ0) is 19.9. The number of hydrogen-bond donors (Lipinski definition) is 3. The maximum absolute atomic E-state index is 12.6. The first-order valence-corrected chi connectivity index (χ1v) is 10.9. The van der Waals surface area contributed by atoms with E-state index in [4.69, 9.17) is 11.6 Å². The normalized spacial score (nSPS) is 14.4. The van der Waals surface area contributed by atoms with Crippen molar-refractivity contribution in [1.29, 1.82) is 0 Å². The summed E-state index contributed by atoms with van der Waals surface area (Å²) in [6.45, 7) is 0.0945. The van der Waals surface area contributed by atoms with Crippen LogP contribution < -0.4 is 16.0 Å². The van der Waals surface area contributed by atoms with Crippen LogP contribution in [-0.4, -0.2) is 24.4 Å². The van der Waals surface area contributed by atoms with Gasteiger partial charge in [-0.15, -0.1) is 0 Å². The molecule has 0 spiro atoms. The number of halogens is 2. The lowest BCUT2D eigenvalue weighted by Crippen LogP contribution is -2.36. The molecule has 0 saturated heterocycles. The maximum Gasteiger partial charge on any atom is 0.253 e. The number of rotatable bonds is 6. The highest BCUT2D eigenvalue weighted by atomic mass is 127. The molecule has 2 aromatic rings. The smallest absolute Gasteiger partial charge is 0.253 e.